The van der Waals surface area contributed by atoms with Crippen LogP contribution in [0.5, 0.6) is 0 Å². The molecule has 0 bridgehead atoms. The van der Waals surface area contributed by atoms with E-state index in [2.05, 4.69) is 34.5 Å². The van der Waals surface area contributed by atoms with E-state index in [1.54, 1.807) is 0 Å². The summed E-state index contributed by atoms with van der Waals surface area (Å²) in [5.74, 6) is -0.00841. The van der Waals surface area contributed by atoms with E-state index in [9.17, 15) is 4.79 Å². The number of aryl methyl sites for hydroxylation is 1. The largest absolute Gasteiger partial charge is 0.325 e. The number of amides is 1. The first-order chi connectivity index (χ1) is 11.6. The fourth-order valence-electron chi connectivity index (χ4n) is 3.46. The highest BCUT2D eigenvalue weighted by molar-refractivity contribution is 6.31. The van der Waals surface area contributed by atoms with Gasteiger partial charge in [-0.15, -0.1) is 0 Å². The molecule has 0 spiro atoms. The SMILES string of the molecule is Cc1c(Cl)cccc1NC(=O)CN(C)[C@@H]1CCCc2ccccc21. The zero-order valence-electron chi connectivity index (χ0n) is 14.2. The molecule has 2 aromatic carbocycles. The standard InChI is InChI=1S/C20H23ClN2O/c1-14-17(21)10-6-11-18(14)22-20(24)13-23(2)19-12-5-8-15-7-3-4-9-16(15)19/h3-4,6-7,9-11,19H,5,8,12-13H2,1-2H3,(H,22,24)/t19-/m1/s1. The van der Waals surface area contributed by atoms with E-state index in [4.69, 9.17) is 11.6 Å². The van der Waals surface area contributed by atoms with Crippen LogP contribution in [0.3, 0.4) is 0 Å². The minimum Gasteiger partial charge on any atom is -0.325 e. The highest BCUT2D eigenvalue weighted by Crippen LogP contribution is 2.33. The number of likely N-dealkylation sites (N-methyl/N-ethyl adjacent to an activating group) is 1. The monoisotopic (exact) mass is 342 g/mol. The molecule has 1 atom stereocenters. The Kier molecular flexibility index (Phi) is 5.22. The predicted octanol–water partition coefficient (Wildman–Crippen LogP) is 4.60. The molecule has 126 valence electrons. The molecule has 0 unspecified atom stereocenters. The van der Waals surface area contributed by atoms with Crippen LogP contribution in [0.25, 0.3) is 0 Å². The summed E-state index contributed by atoms with van der Waals surface area (Å²) >= 11 is 6.12. The van der Waals surface area contributed by atoms with Crippen LogP contribution < -0.4 is 5.32 Å². The van der Waals surface area contributed by atoms with Crippen molar-refractivity contribution in [3.8, 4) is 0 Å². The zero-order valence-corrected chi connectivity index (χ0v) is 14.9. The van der Waals surface area contributed by atoms with Crippen LogP contribution in [-0.2, 0) is 11.2 Å². The van der Waals surface area contributed by atoms with Gasteiger partial charge in [0.1, 0.15) is 0 Å². The molecule has 4 heteroatoms. The van der Waals surface area contributed by atoms with Crippen LogP contribution in [0, 0.1) is 6.92 Å². The van der Waals surface area contributed by atoms with Gasteiger partial charge < -0.3 is 5.32 Å². The molecule has 0 aliphatic heterocycles. The van der Waals surface area contributed by atoms with Gasteiger partial charge in [0.2, 0.25) is 5.91 Å². The van der Waals surface area contributed by atoms with Gasteiger partial charge in [-0.05, 0) is 62.1 Å². The fraction of sp³-hybridized carbons (Fsp3) is 0.350. The third-order valence-corrected chi connectivity index (χ3v) is 5.21. The van der Waals surface area contributed by atoms with Crippen molar-refractivity contribution in [3.05, 3.63) is 64.2 Å². The van der Waals surface area contributed by atoms with Crippen molar-refractivity contribution < 1.29 is 4.79 Å². The van der Waals surface area contributed by atoms with E-state index in [1.165, 1.54) is 17.5 Å². The molecule has 0 heterocycles. The molecule has 1 amide bonds. The van der Waals surface area contributed by atoms with E-state index < -0.39 is 0 Å². The Balaban J connectivity index is 1.68. The first-order valence-electron chi connectivity index (χ1n) is 8.39. The Morgan fingerprint density at radius 2 is 2.04 bits per heavy atom. The Morgan fingerprint density at radius 3 is 2.88 bits per heavy atom. The summed E-state index contributed by atoms with van der Waals surface area (Å²) in [5.41, 5.74) is 4.45. The van der Waals surface area contributed by atoms with E-state index >= 15 is 0 Å². The fourth-order valence-corrected chi connectivity index (χ4v) is 3.63. The zero-order chi connectivity index (χ0) is 17.1. The van der Waals surface area contributed by atoms with E-state index in [1.807, 2.05) is 32.2 Å². The molecule has 1 N–H and O–H groups in total. The molecule has 3 nitrogen and oxygen atoms in total. The lowest BCUT2D eigenvalue weighted by Crippen LogP contribution is -2.35. The maximum absolute atomic E-state index is 12.4. The molecule has 0 saturated carbocycles. The number of carbonyl (C=O) groups is 1. The minimum absolute atomic E-state index is 0.00841. The molecule has 0 radical (unpaired) electrons. The number of anilines is 1. The summed E-state index contributed by atoms with van der Waals surface area (Å²) in [6.07, 6.45) is 3.40. The lowest BCUT2D eigenvalue weighted by Gasteiger charge is -2.32. The van der Waals surface area contributed by atoms with Gasteiger partial charge >= 0.3 is 0 Å². The summed E-state index contributed by atoms with van der Waals surface area (Å²) in [6.45, 7) is 2.28. The number of hydrogen-bond acceptors (Lipinski definition) is 2. The molecule has 0 aromatic heterocycles. The van der Waals surface area contributed by atoms with Crippen molar-refractivity contribution in [1.82, 2.24) is 4.90 Å². The summed E-state index contributed by atoms with van der Waals surface area (Å²) in [7, 11) is 2.02. The van der Waals surface area contributed by atoms with E-state index in [0.29, 0.717) is 17.6 Å². The smallest absolute Gasteiger partial charge is 0.238 e. The van der Waals surface area contributed by atoms with Crippen LogP contribution in [0.4, 0.5) is 5.69 Å². The molecule has 1 aliphatic rings. The Bertz CT molecular complexity index is 744. The average Bonchev–Trinajstić information content (AvgIpc) is 2.58. The van der Waals surface area contributed by atoms with Crippen LogP contribution in [0.2, 0.25) is 5.02 Å². The second-order valence-corrected chi connectivity index (χ2v) is 6.89. The maximum atomic E-state index is 12.4. The van der Waals surface area contributed by atoms with Gasteiger partial charge in [-0.3, -0.25) is 9.69 Å². The average molecular weight is 343 g/mol. The number of rotatable bonds is 4. The van der Waals surface area contributed by atoms with Gasteiger partial charge in [-0.25, -0.2) is 0 Å². The van der Waals surface area contributed by atoms with Gasteiger partial charge in [-0.2, -0.15) is 0 Å². The molecular formula is C20H23ClN2O. The van der Waals surface area contributed by atoms with Crippen LogP contribution in [-0.4, -0.2) is 24.4 Å². The normalized spacial score (nSPS) is 16.8. The van der Waals surface area contributed by atoms with Gasteiger partial charge in [0.15, 0.2) is 0 Å². The van der Waals surface area contributed by atoms with E-state index in [0.717, 1.165) is 24.1 Å². The Hall–Kier alpha value is -1.84. The van der Waals surface area contributed by atoms with Crippen LogP contribution >= 0.6 is 11.6 Å². The molecule has 0 fully saturated rings. The van der Waals surface area contributed by atoms with Gasteiger partial charge in [0.05, 0.1) is 6.54 Å². The third-order valence-electron chi connectivity index (χ3n) is 4.80. The van der Waals surface area contributed by atoms with Crippen molar-refractivity contribution in [2.45, 2.75) is 32.2 Å². The molecule has 2 aromatic rings. The number of nitrogens with zero attached hydrogens (tertiary/aromatic N) is 1. The number of fused-ring (bicyclic) bond motifs is 1. The van der Waals surface area contributed by atoms with Crippen molar-refractivity contribution in [2.24, 2.45) is 0 Å². The van der Waals surface area contributed by atoms with Crippen LogP contribution in [0.1, 0.15) is 35.6 Å². The maximum Gasteiger partial charge on any atom is 0.238 e. The predicted molar refractivity (Wildman–Crippen MR) is 99.6 cm³/mol. The second-order valence-electron chi connectivity index (χ2n) is 6.48. The van der Waals surface area contributed by atoms with Gasteiger partial charge in [-0.1, -0.05) is 41.9 Å². The Morgan fingerprint density at radius 1 is 1.25 bits per heavy atom. The molecule has 3 rings (SSSR count). The van der Waals surface area contributed by atoms with Crippen molar-refractivity contribution in [2.75, 3.05) is 18.9 Å². The van der Waals surface area contributed by atoms with Crippen molar-refractivity contribution >= 4 is 23.2 Å². The van der Waals surface area contributed by atoms with E-state index in [-0.39, 0.29) is 5.91 Å². The third kappa shape index (κ3) is 3.63. The molecule has 24 heavy (non-hydrogen) atoms. The summed E-state index contributed by atoms with van der Waals surface area (Å²) in [4.78, 5) is 14.6. The van der Waals surface area contributed by atoms with Crippen LogP contribution in [0.15, 0.2) is 42.5 Å². The highest BCUT2D eigenvalue weighted by Gasteiger charge is 2.24. The highest BCUT2D eigenvalue weighted by atomic mass is 35.5. The quantitative estimate of drug-likeness (QED) is 0.880. The lowest BCUT2D eigenvalue weighted by atomic mass is 9.87. The lowest BCUT2D eigenvalue weighted by molar-refractivity contribution is -0.117. The first-order valence-corrected chi connectivity index (χ1v) is 8.77. The van der Waals surface area contributed by atoms with Crippen molar-refractivity contribution in [1.29, 1.82) is 0 Å². The van der Waals surface area contributed by atoms with Gasteiger partial charge in [0, 0.05) is 16.8 Å². The number of hydrogen-bond donors (Lipinski definition) is 1. The number of nitrogens with one attached hydrogen (secondary N) is 1. The number of halogens is 1. The summed E-state index contributed by atoms with van der Waals surface area (Å²) < 4.78 is 0. The number of carbonyl (C=O) groups excluding carboxylic acids is 1. The van der Waals surface area contributed by atoms with Crippen molar-refractivity contribution in [3.63, 3.8) is 0 Å². The number of benzene rings is 2. The molecule has 0 saturated heterocycles. The first kappa shape index (κ1) is 17.0. The molecular weight excluding hydrogens is 320 g/mol. The van der Waals surface area contributed by atoms with Gasteiger partial charge in [0.25, 0.3) is 0 Å². The second kappa shape index (κ2) is 7.37. The Labute approximate surface area is 148 Å². The summed E-state index contributed by atoms with van der Waals surface area (Å²) in [6, 6.07) is 14.4. The minimum atomic E-state index is -0.00841. The molecule has 1 aliphatic carbocycles. The summed E-state index contributed by atoms with van der Waals surface area (Å²) in [5, 5.41) is 3.65. The topological polar surface area (TPSA) is 32.3 Å².